The fraction of sp³-hybridized carbons (Fsp3) is 0.200. The number of amides is 4. The van der Waals surface area contributed by atoms with Crippen molar-refractivity contribution in [3.8, 4) is 11.5 Å². The number of primary amides is 1. The van der Waals surface area contributed by atoms with Crippen molar-refractivity contribution < 1.29 is 19.8 Å². The molecule has 0 radical (unpaired) electrons. The highest BCUT2D eigenvalue weighted by atomic mass is 16.3. The van der Waals surface area contributed by atoms with Crippen molar-refractivity contribution in [2.75, 3.05) is 18.0 Å². The number of hydrogen-bond acceptors (Lipinski definition) is 4. The zero-order chi connectivity index (χ0) is 12.6. The van der Waals surface area contributed by atoms with Crippen LogP contribution in [0.25, 0.3) is 0 Å². The van der Waals surface area contributed by atoms with Crippen molar-refractivity contribution >= 4 is 17.7 Å². The molecule has 1 heterocycles. The van der Waals surface area contributed by atoms with E-state index in [0.717, 1.165) is 4.90 Å². The molecule has 1 fully saturated rings. The number of carbonyl (C=O) groups excluding carboxylic acids is 2. The predicted molar refractivity (Wildman–Crippen MR) is 58.8 cm³/mol. The molecule has 1 aliphatic rings. The van der Waals surface area contributed by atoms with Crippen LogP contribution in [0.5, 0.6) is 11.5 Å². The van der Waals surface area contributed by atoms with Gasteiger partial charge in [-0.2, -0.15) is 0 Å². The van der Waals surface area contributed by atoms with E-state index < -0.39 is 12.1 Å². The number of aromatic hydroxyl groups is 2. The first kappa shape index (κ1) is 11.1. The summed E-state index contributed by atoms with van der Waals surface area (Å²) in [6.45, 7) is 0.502. The van der Waals surface area contributed by atoms with E-state index in [9.17, 15) is 14.7 Å². The van der Waals surface area contributed by atoms with Crippen LogP contribution in [0.15, 0.2) is 18.2 Å². The number of nitrogens with two attached hydrogens (primary N) is 1. The number of imide groups is 1. The maximum absolute atomic E-state index is 11.8. The topological polar surface area (TPSA) is 107 Å². The standard InChI is InChI=1S/C10H11N3O4/c11-9(16)13-4-3-12(10(13)17)6-1-2-7(14)8(15)5-6/h1-2,5,14-15H,3-4H2,(H2,11,16). The van der Waals surface area contributed by atoms with Crippen LogP contribution < -0.4 is 10.6 Å². The molecule has 1 saturated heterocycles. The van der Waals surface area contributed by atoms with Crippen molar-refractivity contribution in [2.45, 2.75) is 0 Å². The molecule has 1 aromatic carbocycles. The van der Waals surface area contributed by atoms with Gasteiger partial charge in [0.15, 0.2) is 11.5 Å². The first-order chi connectivity index (χ1) is 8.00. The summed E-state index contributed by atoms with van der Waals surface area (Å²) in [6.07, 6.45) is 0. The van der Waals surface area contributed by atoms with E-state index in [2.05, 4.69) is 0 Å². The molecule has 1 aromatic rings. The summed E-state index contributed by atoms with van der Waals surface area (Å²) in [5.74, 6) is -0.597. The van der Waals surface area contributed by atoms with Crippen LogP contribution >= 0.6 is 0 Å². The van der Waals surface area contributed by atoms with Crippen LogP contribution in [0.2, 0.25) is 0 Å². The highest BCUT2D eigenvalue weighted by molar-refractivity contribution is 6.03. The lowest BCUT2D eigenvalue weighted by Crippen LogP contribution is -2.39. The third kappa shape index (κ3) is 1.82. The highest BCUT2D eigenvalue weighted by Gasteiger charge is 2.32. The Morgan fingerprint density at radius 2 is 1.94 bits per heavy atom. The van der Waals surface area contributed by atoms with Gasteiger partial charge in [-0.3, -0.25) is 4.90 Å². The quantitative estimate of drug-likeness (QED) is 0.615. The fourth-order valence-electron chi connectivity index (χ4n) is 1.66. The Balaban J connectivity index is 2.27. The summed E-state index contributed by atoms with van der Waals surface area (Å²) in [5, 5.41) is 18.5. The van der Waals surface area contributed by atoms with Crippen molar-refractivity contribution in [2.24, 2.45) is 5.73 Å². The fourth-order valence-corrected chi connectivity index (χ4v) is 1.66. The van der Waals surface area contributed by atoms with Gasteiger partial charge in [-0.15, -0.1) is 0 Å². The second kappa shape index (κ2) is 3.85. The molecule has 0 aliphatic carbocycles. The lowest BCUT2D eigenvalue weighted by molar-refractivity contribution is 0.206. The van der Waals surface area contributed by atoms with Gasteiger partial charge in [0, 0.05) is 18.3 Å². The molecule has 0 bridgehead atoms. The normalized spacial score (nSPS) is 15.4. The Hall–Kier alpha value is -2.44. The zero-order valence-corrected chi connectivity index (χ0v) is 8.83. The van der Waals surface area contributed by atoms with Gasteiger partial charge in [0.2, 0.25) is 0 Å². The smallest absolute Gasteiger partial charge is 0.332 e. The van der Waals surface area contributed by atoms with Crippen LogP contribution in [0.4, 0.5) is 15.3 Å². The number of benzene rings is 1. The molecule has 90 valence electrons. The Bertz CT molecular complexity index is 488. The van der Waals surface area contributed by atoms with E-state index in [4.69, 9.17) is 10.8 Å². The molecular weight excluding hydrogens is 226 g/mol. The van der Waals surface area contributed by atoms with Crippen molar-refractivity contribution in [3.05, 3.63) is 18.2 Å². The van der Waals surface area contributed by atoms with Crippen molar-refractivity contribution in [1.82, 2.24) is 4.90 Å². The number of nitrogens with zero attached hydrogens (tertiary/aromatic N) is 2. The number of phenolic OH excluding ortho intramolecular Hbond substituents is 2. The summed E-state index contributed by atoms with van der Waals surface area (Å²) < 4.78 is 0. The van der Waals surface area contributed by atoms with Gasteiger partial charge in [-0.05, 0) is 12.1 Å². The third-order valence-corrected chi connectivity index (χ3v) is 2.55. The summed E-state index contributed by atoms with van der Waals surface area (Å²) in [7, 11) is 0. The van der Waals surface area contributed by atoms with Crippen LogP contribution in [-0.2, 0) is 0 Å². The van der Waals surface area contributed by atoms with E-state index in [-0.39, 0.29) is 18.0 Å². The first-order valence-electron chi connectivity index (χ1n) is 4.91. The number of anilines is 1. The predicted octanol–water partition coefficient (Wildman–Crippen LogP) is 0.418. The van der Waals surface area contributed by atoms with Gasteiger partial charge in [0.25, 0.3) is 0 Å². The Morgan fingerprint density at radius 1 is 1.24 bits per heavy atom. The van der Waals surface area contributed by atoms with Crippen molar-refractivity contribution in [1.29, 1.82) is 0 Å². The molecule has 4 N–H and O–H groups in total. The minimum Gasteiger partial charge on any atom is -0.504 e. The second-order valence-electron chi connectivity index (χ2n) is 3.60. The number of urea groups is 2. The van der Waals surface area contributed by atoms with E-state index in [1.165, 1.54) is 23.1 Å². The number of carbonyl (C=O) groups is 2. The third-order valence-electron chi connectivity index (χ3n) is 2.55. The SMILES string of the molecule is NC(=O)N1CCN(c2ccc(O)c(O)c2)C1=O. The Labute approximate surface area is 96.7 Å². The molecule has 2 rings (SSSR count). The monoisotopic (exact) mass is 237 g/mol. The Morgan fingerprint density at radius 3 is 2.47 bits per heavy atom. The molecule has 7 heteroatoms. The van der Waals surface area contributed by atoms with E-state index in [1.54, 1.807) is 0 Å². The van der Waals surface area contributed by atoms with E-state index >= 15 is 0 Å². The molecule has 0 aromatic heterocycles. The Kier molecular flexibility index (Phi) is 2.51. The van der Waals surface area contributed by atoms with Crippen molar-refractivity contribution in [3.63, 3.8) is 0 Å². The zero-order valence-electron chi connectivity index (χ0n) is 8.83. The minimum atomic E-state index is -0.805. The van der Waals surface area contributed by atoms with Crippen LogP contribution in [0, 0.1) is 0 Å². The average Bonchev–Trinajstić information content (AvgIpc) is 2.64. The maximum atomic E-state index is 11.8. The number of hydrogen-bond donors (Lipinski definition) is 3. The molecule has 4 amide bonds. The van der Waals surface area contributed by atoms with Crippen LogP contribution in [-0.4, -0.2) is 40.3 Å². The van der Waals surface area contributed by atoms with Gasteiger partial charge in [-0.25, -0.2) is 14.5 Å². The van der Waals surface area contributed by atoms with Gasteiger partial charge in [0.05, 0.1) is 6.54 Å². The maximum Gasteiger partial charge on any atom is 0.332 e. The first-order valence-corrected chi connectivity index (χ1v) is 4.91. The summed E-state index contributed by atoms with van der Waals surface area (Å²) in [6, 6.07) is 2.64. The highest BCUT2D eigenvalue weighted by Crippen LogP contribution is 2.30. The van der Waals surface area contributed by atoms with Crippen LogP contribution in [0.3, 0.4) is 0 Å². The van der Waals surface area contributed by atoms with E-state index in [1.807, 2.05) is 0 Å². The van der Waals surface area contributed by atoms with Gasteiger partial charge < -0.3 is 15.9 Å². The molecule has 0 spiro atoms. The largest absolute Gasteiger partial charge is 0.504 e. The molecule has 0 atom stereocenters. The van der Waals surface area contributed by atoms with Crippen LogP contribution in [0.1, 0.15) is 0 Å². The second-order valence-corrected chi connectivity index (χ2v) is 3.60. The molecule has 0 unspecified atom stereocenters. The summed E-state index contributed by atoms with van der Waals surface area (Å²) in [4.78, 5) is 24.9. The molecular formula is C10H11N3O4. The molecule has 1 aliphatic heterocycles. The average molecular weight is 237 g/mol. The van der Waals surface area contributed by atoms with Gasteiger partial charge in [0.1, 0.15) is 0 Å². The van der Waals surface area contributed by atoms with Gasteiger partial charge >= 0.3 is 12.1 Å². The summed E-state index contributed by atoms with van der Waals surface area (Å²) >= 11 is 0. The number of phenols is 2. The molecule has 0 saturated carbocycles. The lowest BCUT2D eigenvalue weighted by atomic mass is 10.2. The van der Waals surface area contributed by atoms with E-state index in [0.29, 0.717) is 12.2 Å². The molecule has 17 heavy (non-hydrogen) atoms. The lowest BCUT2D eigenvalue weighted by Gasteiger charge is -2.16. The molecule has 7 nitrogen and oxygen atoms in total. The summed E-state index contributed by atoms with van der Waals surface area (Å²) in [5.41, 5.74) is 5.43. The minimum absolute atomic E-state index is 0.204. The van der Waals surface area contributed by atoms with Gasteiger partial charge in [-0.1, -0.05) is 0 Å². The number of rotatable bonds is 1.